The van der Waals surface area contributed by atoms with Gasteiger partial charge in [0.25, 0.3) is 0 Å². The van der Waals surface area contributed by atoms with Crippen LogP contribution in [0.5, 0.6) is 0 Å². The highest BCUT2D eigenvalue weighted by Gasteiger charge is 2.15. The van der Waals surface area contributed by atoms with Crippen molar-refractivity contribution in [3.8, 4) is 0 Å². The van der Waals surface area contributed by atoms with Gasteiger partial charge in [-0.1, -0.05) is 87.5 Å². The van der Waals surface area contributed by atoms with Crippen molar-refractivity contribution in [2.24, 2.45) is 0 Å². The van der Waals surface area contributed by atoms with Crippen molar-refractivity contribution in [3.05, 3.63) is 95.6 Å². The minimum Gasteiger partial charge on any atom is -0.462 e. The number of hydrogen-bond acceptors (Lipinski definition) is 2. The maximum atomic E-state index is 12.4. The van der Waals surface area contributed by atoms with Crippen molar-refractivity contribution in [2.75, 3.05) is 6.61 Å². The molecule has 0 spiro atoms. The Morgan fingerprint density at radius 3 is 2.06 bits per heavy atom. The highest BCUT2D eigenvalue weighted by atomic mass is 16.5. The summed E-state index contributed by atoms with van der Waals surface area (Å²) < 4.78 is 5.53. The lowest BCUT2D eigenvalue weighted by Gasteiger charge is -2.18. The van der Waals surface area contributed by atoms with Crippen LogP contribution in [0.2, 0.25) is 0 Å². The molecular formula is C31H30O2. The molecule has 0 aromatic heterocycles. The molecule has 0 bridgehead atoms. The first-order chi connectivity index (χ1) is 15.9. The van der Waals surface area contributed by atoms with E-state index in [1.165, 1.54) is 43.4 Å². The minimum atomic E-state index is -0.238. The second-order valence-corrected chi connectivity index (χ2v) is 10.0. The van der Waals surface area contributed by atoms with E-state index in [0.29, 0.717) is 12.2 Å². The van der Waals surface area contributed by atoms with E-state index in [2.05, 4.69) is 75.4 Å². The maximum Gasteiger partial charge on any atom is 0.338 e. The van der Waals surface area contributed by atoms with Crippen LogP contribution in [0.25, 0.3) is 32.3 Å². The van der Waals surface area contributed by atoms with Gasteiger partial charge in [-0.3, -0.25) is 0 Å². The Kier molecular flexibility index (Phi) is 5.54. The van der Waals surface area contributed by atoms with Crippen LogP contribution in [0.3, 0.4) is 0 Å². The molecule has 0 atom stereocenters. The maximum absolute atomic E-state index is 12.4. The van der Waals surface area contributed by atoms with Gasteiger partial charge in [0.1, 0.15) is 0 Å². The van der Waals surface area contributed by atoms with Crippen molar-refractivity contribution in [1.29, 1.82) is 0 Å². The molecule has 0 aliphatic rings. The molecule has 0 saturated carbocycles. The van der Waals surface area contributed by atoms with Gasteiger partial charge in [-0.05, 0) is 80.3 Å². The zero-order chi connectivity index (χ0) is 23.0. The Morgan fingerprint density at radius 2 is 1.36 bits per heavy atom. The van der Waals surface area contributed by atoms with Crippen LogP contribution in [-0.4, -0.2) is 12.6 Å². The van der Waals surface area contributed by atoms with Gasteiger partial charge >= 0.3 is 5.97 Å². The molecule has 33 heavy (non-hydrogen) atoms. The van der Waals surface area contributed by atoms with Crippen molar-refractivity contribution < 1.29 is 9.53 Å². The topological polar surface area (TPSA) is 26.3 Å². The molecule has 5 aromatic carbocycles. The summed E-state index contributed by atoms with van der Waals surface area (Å²) in [7, 11) is 0. The first-order valence-electron chi connectivity index (χ1n) is 11.8. The molecule has 2 heteroatoms. The molecule has 0 aliphatic heterocycles. The number of carbonyl (C=O) groups is 1. The number of hydrogen-bond donors (Lipinski definition) is 0. The van der Waals surface area contributed by atoms with Crippen LogP contribution in [0, 0.1) is 0 Å². The van der Waals surface area contributed by atoms with Crippen LogP contribution in [0.15, 0.2) is 78.9 Å². The van der Waals surface area contributed by atoms with Crippen molar-refractivity contribution in [3.63, 3.8) is 0 Å². The summed E-state index contributed by atoms with van der Waals surface area (Å²) in [5.74, 6) is -0.238. The lowest BCUT2D eigenvalue weighted by Crippen LogP contribution is -2.12. The Bertz CT molecular complexity index is 1410. The Balaban J connectivity index is 1.22. The fourth-order valence-corrected chi connectivity index (χ4v) is 4.79. The van der Waals surface area contributed by atoms with Crippen molar-refractivity contribution in [1.82, 2.24) is 0 Å². The first-order valence-corrected chi connectivity index (χ1v) is 11.8. The van der Waals surface area contributed by atoms with Crippen LogP contribution in [0.4, 0.5) is 0 Å². The Hall–Kier alpha value is -3.39. The molecule has 0 fully saturated rings. The van der Waals surface area contributed by atoms with Gasteiger partial charge in [-0.25, -0.2) is 4.79 Å². The average molecular weight is 435 g/mol. The molecule has 0 radical (unpaired) electrons. The second kappa shape index (κ2) is 8.51. The van der Waals surface area contributed by atoms with E-state index < -0.39 is 0 Å². The summed E-state index contributed by atoms with van der Waals surface area (Å²) >= 11 is 0. The number of unbranched alkanes of at least 4 members (excludes halogenated alkanes) is 1. The van der Waals surface area contributed by atoms with E-state index in [1.54, 1.807) is 0 Å². The zero-order valence-corrected chi connectivity index (χ0v) is 19.7. The van der Waals surface area contributed by atoms with E-state index in [4.69, 9.17) is 4.74 Å². The Morgan fingerprint density at radius 1 is 0.727 bits per heavy atom. The van der Waals surface area contributed by atoms with Gasteiger partial charge in [-0.15, -0.1) is 0 Å². The summed E-state index contributed by atoms with van der Waals surface area (Å²) in [5, 5.41) is 7.96. The molecule has 5 aromatic rings. The molecule has 0 unspecified atom stereocenters. The number of carbonyl (C=O) groups excluding carboxylic acids is 1. The number of esters is 1. The number of benzene rings is 5. The monoisotopic (exact) mass is 434 g/mol. The molecule has 166 valence electrons. The van der Waals surface area contributed by atoms with Crippen molar-refractivity contribution in [2.45, 2.75) is 45.4 Å². The standard InChI is InChI=1S/C31H30O2/c1-31(2,3)26-17-14-25(15-18-26)30(32)33-20-5-4-7-21-10-11-24-13-12-22-8-6-9-23-16-19-27(21)29(24)28(22)23/h6,8-19H,4-5,7,20H2,1-3H3. The molecular weight excluding hydrogens is 404 g/mol. The van der Waals surface area contributed by atoms with Crippen LogP contribution < -0.4 is 0 Å². The molecule has 0 saturated heterocycles. The molecule has 0 N–H and O–H groups in total. The molecule has 2 nitrogen and oxygen atoms in total. The SMILES string of the molecule is CC(C)(C)c1ccc(C(=O)OCCCCc2ccc3ccc4cccc5ccc2c3c45)cc1. The third-order valence-corrected chi connectivity index (χ3v) is 6.68. The molecule has 0 aliphatic carbocycles. The van der Waals surface area contributed by atoms with Gasteiger partial charge in [-0.2, -0.15) is 0 Å². The number of aryl methyl sites for hydroxylation is 1. The van der Waals surface area contributed by atoms with E-state index in [9.17, 15) is 4.79 Å². The average Bonchev–Trinajstić information content (AvgIpc) is 2.82. The van der Waals surface area contributed by atoms with Gasteiger partial charge in [0.15, 0.2) is 0 Å². The second-order valence-electron chi connectivity index (χ2n) is 10.0. The summed E-state index contributed by atoms with van der Waals surface area (Å²) in [5.41, 5.74) is 3.28. The largest absolute Gasteiger partial charge is 0.462 e. The Labute approximate surface area is 195 Å². The zero-order valence-electron chi connectivity index (χ0n) is 19.7. The van der Waals surface area contributed by atoms with Gasteiger partial charge < -0.3 is 4.74 Å². The molecule has 0 heterocycles. The lowest BCUT2D eigenvalue weighted by molar-refractivity contribution is 0.0498. The van der Waals surface area contributed by atoms with Crippen molar-refractivity contribution >= 4 is 38.3 Å². The number of ether oxygens (including phenoxy) is 1. The first kappa shape index (κ1) is 21.5. The number of rotatable bonds is 6. The molecule has 0 amide bonds. The normalized spacial score (nSPS) is 12.1. The van der Waals surface area contributed by atoms with Gasteiger partial charge in [0, 0.05) is 0 Å². The fraction of sp³-hybridized carbons (Fsp3) is 0.258. The third-order valence-electron chi connectivity index (χ3n) is 6.68. The fourth-order valence-electron chi connectivity index (χ4n) is 4.79. The summed E-state index contributed by atoms with van der Waals surface area (Å²) in [4.78, 5) is 12.4. The van der Waals surface area contributed by atoms with E-state index in [-0.39, 0.29) is 11.4 Å². The van der Waals surface area contributed by atoms with Gasteiger partial charge in [0.05, 0.1) is 12.2 Å². The summed E-state index contributed by atoms with van der Waals surface area (Å²) in [6.07, 6.45) is 2.82. The van der Waals surface area contributed by atoms with Crippen LogP contribution in [-0.2, 0) is 16.6 Å². The lowest BCUT2D eigenvalue weighted by atomic mass is 9.87. The van der Waals surface area contributed by atoms with E-state index >= 15 is 0 Å². The van der Waals surface area contributed by atoms with Crippen LogP contribution in [0.1, 0.15) is 55.1 Å². The summed E-state index contributed by atoms with van der Waals surface area (Å²) in [6, 6.07) is 27.7. The highest BCUT2D eigenvalue weighted by Crippen LogP contribution is 2.36. The van der Waals surface area contributed by atoms with E-state index in [1.807, 2.05) is 24.3 Å². The van der Waals surface area contributed by atoms with Gasteiger partial charge in [0.2, 0.25) is 0 Å². The summed E-state index contributed by atoms with van der Waals surface area (Å²) in [6.45, 7) is 6.95. The quantitative estimate of drug-likeness (QED) is 0.153. The third kappa shape index (κ3) is 4.18. The smallest absolute Gasteiger partial charge is 0.338 e. The molecule has 5 rings (SSSR count). The highest BCUT2D eigenvalue weighted by molar-refractivity contribution is 6.23. The predicted molar refractivity (Wildman–Crippen MR) is 139 cm³/mol. The predicted octanol–water partition coefficient (Wildman–Crippen LogP) is 8.06. The van der Waals surface area contributed by atoms with E-state index in [0.717, 1.165) is 19.3 Å². The van der Waals surface area contributed by atoms with Crippen LogP contribution >= 0.6 is 0 Å². The minimum absolute atomic E-state index is 0.0770.